The molecule has 0 bridgehead atoms. The van der Waals surface area contributed by atoms with Gasteiger partial charge in [-0.3, -0.25) is 0 Å². The average molecular weight is 434 g/mol. The third-order valence-electron chi connectivity index (χ3n) is 5.81. The highest BCUT2D eigenvalue weighted by molar-refractivity contribution is 5.85. The van der Waals surface area contributed by atoms with E-state index in [4.69, 9.17) is 14.2 Å². The zero-order valence-electron chi connectivity index (χ0n) is 17.1. The fraction of sp³-hybridized carbons (Fsp3) is 0.417. The second-order valence-electron chi connectivity index (χ2n) is 7.76. The number of nitrogens with zero attached hydrogens (tertiary/aromatic N) is 1. The third kappa shape index (κ3) is 5.46. The molecule has 2 aromatic carbocycles. The molecule has 0 N–H and O–H groups in total. The fourth-order valence-electron chi connectivity index (χ4n) is 4.26. The van der Waals surface area contributed by atoms with Crippen LogP contribution in [0.3, 0.4) is 0 Å². The van der Waals surface area contributed by atoms with Crippen molar-refractivity contribution in [1.29, 1.82) is 0 Å². The van der Waals surface area contributed by atoms with Crippen LogP contribution in [0.4, 0.5) is 4.39 Å². The van der Waals surface area contributed by atoms with Crippen LogP contribution in [0.2, 0.25) is 0 Å². The van der Waals surface area contributed by atoms with Gasteiger partial charge in [0.1, 0.15) is 11.6 Å². The van der Waals surface area contributed by atoms with Crippen molar-refractivity contribution in [2.75, 3.05) is 33.0 Å². The number of ether oxygens (including phenoxy) is 3. The minimum absolute atomic E-state index is 0. The molecule has 162 valence electrons. The molecule has 2 atom stereocenters. The van der Waals surface area contributed by atoms with Crippen LogP contribution in [-0.4, -0.2) is 37.9 Å². The summed E-state index contributed by atoms with van der Waals surface area (Å²) in [5, 5.41) is 0. The largest absolute Gasteiger partial charge is 0.493 e. The summed E-state index contributed by atoms with van der Waals surface area (Å²) < 4.78 is 30.4. The first-order valence-corrected chi connectivity index (χ1v) is 10.3. The van der Waals surface area contributed by atoms with E-state index in [0.29, 0.717) is 18.4 Å². The maximum Gasteiger partial charge on any atom is 0.231 e. The summed E-state index contributed by atoms with van der Waals surface area (Å²) in [6, 6.07) is 12.6. The van der Waals surface area contributed by atoms with Gasteiger partial charge < -0.3 is 19.1 Å². The van der Waals surface area contributed by atoms with E-state index in [-0.39, 0.29) is 25.0 Å². The summed E-state index contributed by atoms with van der Waals surface area (Å²) in [5.41, 5.74) is 1.19. The molecule has 1 saturated heterocycles. The first-order valence-electron chi connectivity index (χ1n) is 10.3. The van der Waals surface area contributed by atoms with Crippen LogP contribution in [0.1, 0.15) is 30.7 Å². The Hall–Kier alpha value is -2.24. The van der Waals surface area contributed by atoms with Gasteiger partial charge in [-0.15, -0.1) is 19.0 Å². The summed E-state index contributed by atoms with van der Waals surface area (Å²) in [4.78, 5) is 2.51. The van der Waals surface area contributed by atoms with Gasteiger partial charge in [-0.2, -0.15) is 0 Å². The molecule has 2 aromatic rings. The van der Waals surface area contributed by atoms with Gasteiger partial charge in [0.15, 0.2) is 11.5 Å². The van der Waals surface area contributed by atoms with E-state index >= 15 is 0 Å². The van der Waals surface area contributed by atoms with Crippen LogP contribution in [-0.2, 0) is 0 Å². The molecule has 1 fully saturated rings. The summed E-state index contributed by atoms with van der Waals surface area (Å²) in [6.45, 7) is 7.79. The van der Waals surface area contributed by atoms with Gasteiger partial charge >= 0.3 is 0 Å². The molecule has 0 saturated carbocycles. The van der Waals surface area contributed by atoms with Crippen molar-refractivity contribution in [3.8, 4) is 17.2 Å². The number of piperidine rings is 1. The van der Waals surface area contributed by atoms with E-state index in [2.05, 4.69) is 11.5 Å². The van der Waals surface area contributed by atoms with Crippen molar-refractivity contribution in [2.24, 2.45) is 5.92 Å². The van der Waals surface area contributed by atoms with Gasteiger partial charge in [0.2, 0.25) is 6.79 Å². The lowest BCUT2D eigenvalue weighted by molar-refractivity contribution is 0.110. The Kier molecular flexibility index (Phi) is 8.00. The minimum Gasteiger partial charge on any atom is -0.493 e. The van der Waals surface area contributed by atoms with E-state index in [9.17, 15) is 4.39 Å². The highest BCUT2D eigenvalue weighted by atomic mass is 35.5. The predicted octanol–water partition coefficient (Wildman–Crippen LogP) is 5.43. The highest BCUT2D eigenvalue weighted by Gasteiger charge is 2.31. The Labute approximate surface area is 184 Å². The fourth-order valence-corrected chi connectivity index (χ4v) is 4.26. The van der Waals surface area contributed by atoms with Gasteiger partial charge in [0.05, 0.1) is 6.61 Å². The van der Waals surface area contributed by atoms with Crippen molar-refractivity contribution in [2.45, 2.75) is 25.2 Å². The lowest BCUT2D eigenvalue weighted by Gasteiger charge is -2.38. The number of unbranched alkanes of at least 4 members (excludes halogenated alkanes) is 1. The second-order valence-corrected chi connectivity index (χ2v) is 7.76. The van der Waals surface area contributed by atoms with Crippen molar-refractivity contribution in [1.82, 2.24) is 4.90 Å². The SMILES string of the molecule is C=CCCCN1CC[C@H](c2ccc(F)cc2)[C@@H](COc2ccc3c(c2)OCO3)C1.Cl. The number of benzene rings is 2. The number of halogens is 2. The van der Waals surface area contributed by atoms with Crippen LogP contribution in [0.25, 0.3) is 0 Å². The normalized spacial score (nSPS) is 20.4. The van der Waals surface area contributed by atoms with E-state index in [1.165, 1.54) is 5.56 Å². The van der Waals surface area contributed by atoms with Gasteiger partial charge in [0, 0.05) is 18.5 Å². The standard InChI is InChI=1S/C24H28FNO3.ClH/c1-2-3-4-12-26-13-11-22(18-5-7-20(25)8-6-18)19(15-26)16-27-21-9-10-23-24(14-21)29-17-28-23;/h2,5-10,14,19,22H,1,3-4,11-13,15-17H2;1H/t19-,22-;/m1./s1. The molecule has 4 rings (SSSR count). The molecular weight excluding hydrogens is 405 g/mol. The maximum absolute atomic E-state index is 13.4. The molecule has 2 aliphatic heterocycles. The Morgan fingerprint density at radius 3 is 2.73 bits per heavy atom. The van der Waals surface area contributed by atoms with Crippen LogP contribution >= 0.6 is 12.4 Å². The summed E-state index contributed by atoms with van der Waals surface area (Å²) in [7, 11) is 0. The highest BCUT2D eigenvalue weighted by Crippen LogP contribution is 2.37. The third-order valence-corrected chi connectivity index (χ3v) is 5.81. The zero-order valence-corrected chi connectivity index (χ0v) is 17.9. The van der Waals surface area contributed by atoms with E-state index in [1.807, 2.05) is 36.4 Å². The van der Waals surface area contributed by atoms with Gasteiger partial charge in [0.25, 0.3) is 0 Å². The predicted molar refractivity (Wildman–Crippen MR) is 118 cm³/mol. The molecule has 0 unspecified atom stereocenters. The smallest absolute Gasteiger partial charge is 0.231 e. The number of hydrogen-bond acceptors (Lipinski definition) is 4. The van der Waals surface area contributed by atoms with Gasteiger partial charge in [-0.1, -0.05) is 18.2 Å². The summed E-state index contributed by atoms with van der Waals surface area (Å²) in [5.74, 6) is 2.78. The summed E-state index contributed by atoms with van der Waals surface area (Å²) in [6.07, 6.45) is 5.19. The van der Waals surface area contributed by atoms with Crippen molar-refractivity contribution >= 4 is 12.4 Å². The zero-order chi connectivity index (χ0) is 20.1. The molecule has 0 aromatic heterocycles. The van der Waals surface area contributed by atoms with Crippen molar-refractivity contribution in [3.05, 3.63) is 66.5 Å². The number of hydrogen-bond donors (Lipinski definition) is 0. The molecule has 4 nitrogen and oxygen atoms in total. The Morgan fingerprint density at radius 1 is 1.13 bits per heavy atom. The molecule has 0 amide bonds. The lowest BCUT2D eigenvalue weighted by atomic mass is 9.80. The van der Waals surface area contributed by atoms with Crippen LogP contribution < -0.4 is 14.2 Å². The van der Waals surface area contributed by atoms with E-state index in [1.54, 1.807) is 12.1 Å². The Morgan fingerprint density at radius 2 is 1.93 bits per heavy atom. The van der Waals surface area contributed by atoms with Crippen molar-refractivity contribution in [3.63, 3.8) is 0 Å². The van der Waals surface area contributed by atoms with E-state index < -0.39 is 0 Å². The summed E-state index contributed by atoms with van der Waals surface area (Å²) >= 11 is 0. The molecule has 6 heteroatoms. The maximum atomic E-state index is 13.4. The molecule has 0 aliphatic carbocycles. The molecule has 0 spiro atoms. The number of likely N-dealkylation sites (tertiary alicyclic amines) is 1. The van der Waals surface area contributed by atoms with E-state index in [0.717, 1.165) is 56.1 Å². The van der Waals surface area contributed by atoms with Gasteiger partial charge in [-0.25, -0.2) is 4.39 Å². The van der Waals surface area contributed by atoms with Crippen molar-refractivity contribution < 1.29 is 18.6 Å². The van der Waals surface area contributed by atoms with Crippen LogP contribution in [0.5, 0.6) is 17.2 Å². The lowest BCUT2D eigenvalue weighted by Crippen LogP contribution is -2.42. The monoisotopic (exact) mass is 433 g/mol. The molecular formula is C24H29ClFNO3. The average Bonchev–Trinajstić information content (AvgIpc) is 3.21. The quantitative estimate of drug-likeness (QED) is 0.410. The van der Waals surface area contributed by atoms with Crippen LogP contribution in [0.15, 0.2) is 55.1 Å². The second kappa shape index (κ2) is 10.7. The van der Waals surface area contributed by atoms with Gasteiger partial charge in [-0.05, 0) is 68.1 Å². The molecule has 2 heterocycles. The Bertz CT molecular complexity index is 830. The number of rotatable bonds is 8. The number of allylic oxidation sites excluding steroid dienone is 1. The minimum atomic E-state index is -0.191. The number of fused-ring (bicyclic) bond motifs is 1. The Balaban J connectivity index is 0.00000256. The molecule has 2 aliphatic rings. The topological polar surface area (TPSA) is 30.9 Å². The first kappa shape index (κ1) is 22.4. The molecule has 0 radical (unpaired) electrons. The molecule has 30 heavy (non-hydrogen) atoms. The first-order chi connectivity index (χ1) is 14.2. The van der Waals surface area contributed by atoms with Crippen LogP contribution in [0, 0.1) is 11.7 Å².